The van der Waals surface area contributed by atoms with Gasteiger partial charge in [0.2, 0.25) is 0 Å². The predicted octanol–water partition coefficient (Wildman–Crippen LogP) is 3.08. The predicted molar refractivity (Wildman–Crippen MR) is 183 cm³/mol. The highest BCUT2D eigenvalue weighted by Crippen LogP contribution is 2.34. The van der Waals surface area contributed by atoms with Crippen LogP contribution in [0.15, 0.2) is 60.9 Å². The van der Waals surface area contributed by atoms with Crippen molar-refractivity contribution in [3.63, 3.8) is 0 Å². The Morgan fingerprint density at radius 1 is 0.796 bits per heavy atom. The molecule has 2 aromatic carbocycles. The van der Waals surface area contributed by atoms with Gasteiger partial charge in [0.15, 0.2) is 11.6 Å². The molecule has 19 heteroatoms. The average Bonchev–Trinajstić information content (AvgIpc) is 3.86. The summed E-state index contributed by atoms with van der Waals surface area (Å²) >= 11 is 0. The zero-order valence-electron chi connectivity index (χ0n) is 29.0. The van der Waals surface area contributed by atoms with Crippen LogP contribution in [0.25, 0.3) is 34.2 Å². The summed E-state index contributed by atoms with van der Waals surface area (Å²) in [6.45, 7) is 1.72. The number of aromatic nitrogens is 7. The molecule has 0 fully saturated rings. The monoisotopic (exact) mass is 747 g/mol. The first-order valence-corrected chi connectivity index (χ1v) is 16.2. The third-order valence-electron chi connectivity index (χ3n) is 7.92. The molecule has 0 spiro atoms. The van der Waals surface area contributed by atoms with E-state index in [2.05, 4.69) is 41.0 Å². The Morgan fingerprint density at radius 2 is 1.35 bits per heavy atom. The number of aliphatic hydroxyl groups is 1. The Balaban J connectivity index is 1.46. The first-order chi connectivity index (χ1) is 25.7. The summed E-state index contributed by atoms with van der Waals surface area (Å²) in [6.07, 6.45) is -1.33. The first-order valence-electron chi connectivity index (χ1n) is 16.2. The molecule has 0 saturated carbocycles. The van der Waals surface area contributed by atoms with Gasteiger partial charge in [-0.05, 0) is 67.4 Å². The third-order valence-corrected chi connectivity index (χ3v) is 7.92. The Kier molecular flexibility index (Phi) is 11.7. The molecule has 0 saturated heterocycles. The van der Waals surface area contributed by atoms with Gasteiger partial charge < -0.3 is 20.5 Å². The smallest absolute Gasteiger partial charge is 0.417 e. The van der Waals surface area contributed by atoms with Gasteiger partial charge in [-0.3, -0.25) is 24.0 Å². The number of aryl methyl sites for hydroxylation is 1. The number of hydrogen-bond acceptors (Lipinski definition) is 12. The molecule has 54 heavy (non-hydrogen) atoms. The number of aliphatic hydroxyl groups excluding tert-OH is 1. The van der Waals surface area contributed by atoms with Crippen LogP contribution >= 0.6 is 0 Å². The summed E-state index contributed by atoms with van der Waals surface area (Å²) in [5.74, 6) is -3.22. The minimum absolute atomic E-state index is 0.101. The second kappa shape index (κ2) is 16.4. The van der Waals surface area contributed by atoms with Crippen molar-refractivity contribution < 1.29 is 47.0 Å². The van der Waals surface area contributed by atoms with Crippen LogP contribution in [0.1, 0.15) is 62.0 Å². The van der Waals surface area contributed by atoms with E-state index in [4.69, 9.17) is 5.11 Å². The SMILES string of the molecule is CCCC(=O)c1cc(-c2cn(-c3ccc(C(=O)NCC(=O)OC)c(C)c3)nn2)nc(-c2cn(-c3ccc(C(=O)NCC(=O)CO)c(C(F)(F)F)c3)nn2)c1. The van der Waals surface area contributed by atoms with Crippen LogP contribution in [0, 0.1) is 6.92 Å². The number of rotatable bonds is 14. The van der Waals surface area contributed by atoms with Crippen LogP contribution in [0.5, 0.6) is 0 Å². The Bertz CT molecular complexity index is 2250. The van der Waals surface area contributed by atoms with Gasteiger partial charge in [0.1, 0.15) is 24.5 Å². The molecular formula is C35H32F3N9O7. The van der Waals surface area contributed by atoms with Gasteiger partial charge in [0.05, 0.1) is 59.9 Å². The number of Topliss-reactive ketones (excluding diaryl/α,β-unsaturated/α-hetero) is 2. The molecule has 0 bridgehead atoms. The molecule has 5 rings (SSSR count). The molecule has 0 aliphatic carbocycles. The number of ether oxygens (including phenoxy) is 1. The van der Waals surface area contributed by atoms with Crippen LogP contribution in [0.3, 0.4) is 0 Å². The van der Waals surface area contributed by atoms with E-state index in [1.807, 2.05) is 6.92 Å². The zero-order chi connectivity index (χ0) is 39.2. The van der Waals surface area contributed by atoms with E-state index in [1.165, 1.54) is 36.2 Å². The topological polar surface area (TPSA) is 213 Å². The molecule has 5 aromatic rings. The maximum atomic E-state index is 14.1. The quantitative estimate of drug-likeness (QED) is 0.110. The normalized spacial score (nSPS) is 11.2. The fourth-order valence-electron chi connectivity index (χ4n) is 5.14. The summed E-state index contributed by atoms with van der Waals surface area (Å²) in [6, 6.07) is 10.7. The number of amides is 2. The lowest BCUT2D eigenvalue weighted by Gasteiger charge is -2.14. The second-order valence-electron chi connectivity index (χ2n) is 11.8. The molecular weight excluding hydrogens is 715 g/mol. The zero-order valence-corrected chi connectivity index (χ0v) is 29.0. The standard InChI is InChI=1S/C35H32F3N9O7/c1-4-5-31(50)20-11-27(29-16-46(44-42-29)21-6-8-24(19(2)10-21)33(52)40-15-32(51)54-3)41-28(12-20)30-17-47(45-43-30)22-7-9-25(26(13-22)35(36,37)38)34(53)39-14-23(49)18-48/h6-13,16-17,48H,4-5,14-15,18H2,1-3H3,(H,39,53)(H,40,52). The Morgan fingerprint density at radius 3 is 1.89 bits per heavy atom. The largest absolute Gasteiger partial charge is 0.468 e. The number of carbonyl (C=O) groups excluding carboxylic acids is 5. The van der Waals surface area contributed by atoms with E-state index in [-0.39, 0.29) is 52.8 Å². The number of hydrogen-bond donors (Lipinski definition) is 3. The van der Waals surface area contributed by atoms with Gasteiger partial charge >= 0.3 is 12.1 Å². The summed E-state index contributed by atoms with van der Waals surface area (Å²) < 4.78 is 49.2. The van der Waals surface area contributed by atoms with Crippen molar-refractivity contribution in [2.45, 2.75) is 32.9 Å². The van der Waals surface area contributed by atoms with Crippen molar-refractivity contribution in [3.05, 3.63) is 88.7 Å². The number of pyridine rings is 1. The fourth-order valence-corrected chi connectivity index (χ4v) is 5.14. The number of nitrogens with zero attached hydrogens (tertiary/aromatic N) is 7. The highest BCUT2D eigenvalue weighted by molar-refractivity contribution is 5.99. The Labute approximate surface area is 304 Å². The van der Waals surface area contributed by atoms with Crippen molar-refractivity contribution in [1.82, 2.24) is 45.6 Å². The van der Waals surface area contributed by atoms with E-state index in [1.54, 1.807) is 31.3 Å². The second-order valence-corrected chi connectivity index (χ2v) is 11.8. The van der Waals surface area contributed by atoms with E-state index in [0.29, 0.717) is 29.3 Å². The minimum Gasteiger partial charge on any atom is -0.468 e. The number of alkyl halides is 3. The van der Waals surface area contributed by atoms with E-state index >= 15 is 0 Å². The molecule has 0 radical (unpaired) electrons. The number of esters is 1. The van der Waals surface area contributed by atoms with Gasteiger partial charge in [0.25, 0.3) is 11.8 Å². The van der Waals surface area contributed by atoms with Crippen LogP contribution < -0.4 is 10.6 Å². The maximum absolute atomic E-state index is 14.1. The van der Waals surface area contributed by atoms with E-state index < -0.39 is 54.0 Å². The van der Waals surface area contributed by atoms with Crippen molar-refractivity contribution >= 4 is 29.4 Å². The molecule has 0 aliphatic heterocycles. The van der Waals surface area contributed by atoms with Gasteiger partial charge in [-0.1, -0.05) is 17.4 Å². The fraction of sp³-hybridized carbons (Fsp3) is 0.257. The van der Waals surface area contributed by atoms with Gasteiger partial charge in [0, 0.05) is 17.5 Å². The number of benzene rings is 2. The molecule has 3 heterocycles. The van der Waals surface area contributed by atoms with Crippen LogP contribution in [0.4, 0.5) is 13.2 Å². The van der Waals surface area contributed by atoms with Gasteiger partial charge in [-0.2, -0.15) is 13.2 Å². The summed E-state index contributed by atoms with van der Waals surface area (Å²) in [7, 11) is 1.21. The number of nitrogens with one attached hydrogen (secondary N) is 2. The summed E-state index contributed by atoms with van der Waals surface area (Å²) in [5.41, 5.74) is 0.327. The van der Waals surface area contributed by atoms with Crippen LogP contribution in [-0.2, 0) is 20.5 Å². The first kappa shape index (κ1) is 38.6. The number of carbonyl (C=O) groups is 5. The maximum Gasteiger partial charge on any atom is 0.417 e. The molecule has 0 aliphatic rings. The lowest BCUT2D eigenvalue weighted by molar-refractivity contribution is -0.139. The van der Waals surface area contributed by atoms with Crippen molar-refractivity contribution in [2.24, 2.45) is 0 Å². The minimum atomic E-state index is -4.96. The third kappa shape index (κ3) is 8.87. The molecule has 0 unspecified atom stereocenters. The lowest BCUT2D eigenvalue weighted by atomic mass is 10.0. The number of methoxy groups -OCH3 is 1. The molecule has 280 valence electrons. The summed E-state index contributed by atoms with van der Waals surface area (Å²) in [4.78, 5) is 65.5. The van der Waals surface area contributed by atoms with E-state index in [0.717, 1.165) is 10.7 Å². The Hall–Kier alpha value is -6.63. The molecule has 2 amide bonds. The highest BCUT2D eigenvalue weighted by atomic mass is 19.4. The van der Waals surface area contributed by atoms with Crippen molar-refractivity contribution in [1.29, 1.82) is 0 Å². The van der Waals surface area contributed by atoms with Crippen molar-refractivity contribution in [3.8, 4) is 34.2 Å². The van der Waals surface area contributed by atoms with Crippen LogP contribution in [0.2, 0.25) is 0 Å². The molecule has 3 N–H and O–H groups in total. The molecule has 3 aromatic heterocycles. The highest BCUT2D eigenvalue weighted by Gasteiger charge is 2.36. The van der Waals surface area contributed by atoms with Crippen molar-refractivity contribution in [2.75, 3.05) is 26.8 Å². The van der Waals surface area contributed by atoms with E-state index in [9.17, 15) is 37.1 Å². The molecule has 0 atom stereocenters. The molecule has 16 nitrogen and oxygen atoms in total. The lowest BCUT2D eigenvalue weighted by Crippen LogP contribution is -2.32. The number of halogens is 3. The van der Waals surface area contributed by atoms with Crippen LogP contribution in [-0.4, -0.2) is 96.2 Å². The average molecular weight is 748 g/mol. The summed E-state index contributed by atoms with van der Waals surface area (Å²) in [5, 5.41) is 29.8. The van der Waals surface area contributed by atoms with Gasteiger partial charge in [-0.25, -0.2) is 14.3 Å². The number of ketones is 2. The van der Waals surface area contributed by atoms with Gasteiger partial charge in [-0.15, -0.1) is 10.2 Å².